The number of nitrogens with zero attached hydrogens (tertiary/aromatic N) is 1. The Morgan fingerprint density at radius 2 is 1.67 bits per heavy atom. The lowest BCUT2D eigenvalue weighted by atomic mass is 9.90. The van der Waals surface area contributed by atoms with Gasteiger partial charge in [-0.1, -0.05) is 44.2 Å². The maximum absolute atomic E-state index is 3.48. The van der Waals surface area contributed by atoms with Crippen LogP contribution < -0.4 is 5.32 Å². The van der Waals surface area contributed by atoms with E-state index in [0.29, 0.717) is 18.0 Å². The largest absolute Gasteiger partial charge is 0.317 e. The third-order valence-corrected chi connectivity index (χ3v) is 4.72. The Balaban J connectivity index is 2.16. The van der Waals surface area contributed by atoms with E-state index in [-0.39, 0.29) is 0 Å². The van der Waals surface area contributed by atoms with E-state index < -0.39 is 0 Å². The molecule has 1 aliphatic rings. The summed E-state index contributed by atoms with van der Waals surface area (Å²) in [5.74, 6) is 1.48. The van der Waals surface area contributed by atoms with Crippen LogP contribution in [0.2, 0.25) is 0 Å². The summed E-state index contributed by atoms with van der Waals surface area (Å²) in [6.07, 6.45) is 2.64. The molecule has 0 amide bonds. The molecule has 1 unspecified atom stereocenters. The average Bonchev–Trinajstić information content (AvgIpc) is 2.48. The lowest BCUT2D eigenvalue weighted by Crippen LogP contribution is -2.43. The molecule has 118 valence electrons. The van der Waals surface area contributed by atoms with Crippen LogP contribution in [0.5, 0.6) is 0 Å². The summed E-state index contributed by atoms with van der Waals surface area (Å²) in [4.78, 5) is 2.73. The second-order valence-electron chi connectivity index (χ2n) is 7.08. The minimum Gasteiger partial charge on any atom is -0.317 e. The van der Waals surface area contributed by atoms with E-state index in [2.05, 4.69) is 68.2 Å². The summed E-state index contributed by atoms with van der Waals surface area (Å²) in [5, 5.41) is 3.48. The van der Waals surface area contributed by atoms with Gasteiger partial charge in [0.15, 0.2) is 0 Å². The molecule has 0 aromatic heterocycles. The molecule has 1 heterocycles. The molecule has 1 atom stereocenters. The van der Waals surface area contributed by atoms with E-state index in [9.17, 15) is 0 Å². The highest BCUT2D eigenvalue weighted by Crippen LogP contribution is 2.32. The van der Waals surface area contributed by atoms with Crippen LogP contribution in [0, 0.1) is 11.8 Å². The Labute approximate surface area is 130 Å². The molecule has 1 aromatic carbocycles. The summed E-state index contributed by atoms with van der Waals surface area (Å²) in [5.41, 5.74) is 1.47. The summed E-state index contributed by atoms with van der Waals surface area (Å²) >= 11 is 0. The first-order chi connectivity index (χ1) is 10.1. The van der Waals surface area contributed by atoms with E-state index in [1.807, 2.05) is 0 Å². The van der Waals surface area contributed by atoms with Crippen LogP contribution in [0.1, 0.15) is 52.1 Å². The van der Waals surface area contributed by atoms with Gasteiger partial charge in [-0.15, -0.1) is 0 Å². The number of hydrogen-bond acceptors (Lipinski definition) is 2. The predicted molar refractivity (Wildman–Crippen MR) is 91.5 cm³/mol. The smallest absolute Gasteiger partial charge is 0.0373 e. The van der Waals surface area contributed by atoms with Crippen molar-refractivity contribution in [2.75, 3.05) is 19.6 Å². The highest BCUT2D eigenvalue weighted by atomic mass is 15.2. The van der Waals surface area contributed by atoms with Gasteiger partial charge in [-0.25, -0.2) is 0 Å². The van der Waals surface area contributed by atoms with Crippen LogP contribution in [-0.2, 0) is 0 Å². The van der Waals surface area contributed by atoms with Gasteiger partial charge in [-0.05, 0) is 57.2 Å². The van der Waals surface area contributed by atoms with Gasteiger partial charge in [0.2, 0.25) is 0 Å². The standard InChI is InChI=1S/C19H32N2/c1-15(2)19(18-8-6-5-7-9-18)21(16(3)4)14-17-10-12-20-13-11-17/h5-9,15-17,19-20H,10-14H2,1-4H3. The second kappa shape index (κ2) is 7.95. The zero-order valence-corrected chi connectivity index (χ0v) is 14.2. The highest BCUT2D eigenvalue weighted by molar-refractivity contribution is 5.20. The fourth-order valence-electron chi connectivity index (χ4n) is 3.62. The van der Waals surface area contributed by atoms with Crippen molar-refractivity contribution >= 4 is 0 Å². The molecule has 1 saturated heterocycles. The molecule has 2 nitrogen and oxygen atoms in total. The molecule has 1 aromatic rings. The van der Waals surface area contributed by atoms with Crippen LogP contribution in [0.15, 0.2) is 30.3 Å². The normalized spacial score (nSPS) is 18.6. The van der Waals surface area contributed by atoms with Crippen molar-refractivity contribution in [3.63, 3.8) is 0 Å². The summed E-state index contributed by atoms with van der Waals surface area (Å²) in [6, 6.07) is 12.2. The van der Waals surface area contributed by atoms with E-state index in [1.165, 1.54) is 38.0 Å². The van der Waals surface area contributed by atoms with Gasteiger partial charge in [-0.2, -0.15) is 0 Å². The molecular weight excluding hydrogens is 256 g/mol. The summed E-state index contributed by atoms with van der Waals surface area (Å²) < 4.78 is 0. The van der Waals surface area contributed by atoms with Crippen molar-refractivity contribution in [2.45, 2.75) is 52.6 Å². The lowest BCUT2D eigenvalue weighted by Gasteiger charge is -2.40. The molecule has 2 rings (SSSR count). The fraction of sp³-hybridized carbons (Fsp3) is 0.684. The Kier molecular flexibility index (Phi) is 6.25. The number of rotatable bonds is 6. The van der Waals surface area contributed by atoms with Crippen molar-refractivity contribution in [1.82, 2.24) is 10.2 Å². The van der Waals surface area contributed by atoms with E-state index >= 15 is 0 Å². The number of benzene rings is 1. The predicted octanol–water partition coefficient (Wildman–Crippen LogP) is 4.09. The minimum atomic E-state index is 0.529. The molecule has 1 aliphatic heterocycles. The molecule has 0 spiro atoms. The summed E-state index contributed by atoms with van der Waals surface area (Å²) in [7, 11) is 0. The van der Waals surface area contributed by atoms with E-state index in [0.717, 1.165) is 5.92 Å². The van der Waals surface area contributed by atoms with Crippen molar-refractivity contribution in [1.29, 1.82) is 0 Å². The van der Waals surface area contributed by atoms with Crippen LogP contribution in [0.4, 0.5) is 0 Å². The molecule has 0 radical (unpaired) electrons. The van der Waals surface area contributed by atoms with Crippen LogP contribution in [0.3, 0.4) is 0 Å². The van der Waals surface area contributed by atoms with Crippen molar-refractivity contribution in [2.24, 2.45) is 11.8 Å². The Bertz CT molecular complexity index is 393. The quantitative estimate of drug-likeness (QED) is 0.848. The van der Waals surface area contributed by atoms with Crippen molar-refractivity contribution in [3.05, 3.63) is 35.9 Å². The Morgan fingerprint density at radius 1 is 1.05 bits per heavy atom. The topological polar surface area (TPSA) is 15.3 Å². The molecule has 0 aliphatic carbocycles. The highest BCUT2D eigenvalue weighted by Gasteiger charge is 2.28. The Morgan fingerprint density at radius 3 is 2.19 bits per heavy atom. The molecule has 1 fully saturated rings. The van der Waals surface area contributed by atoms with Crippen LogP contribution in [-0.4, -0.2) is 30.6 Å². The average molecular weight is 288 g/mol. The number of hydrogen-bond donors (Lipinski definition) is 1. The zero-order chi connectivity index (χ0) is 15.2. The van der Waals surface area contributed by atoms with Gasteiger partial charge in [-0.3, -0.25) is 4.90 Å². The van der Waals surface area contributed by atoms with Crippen LogP contribution >= 0.6 is 0 Å². The third-order valence-electron chi connectivity index (χ3n) is 4.72. The first kappa shape index (κ1) is 16.5. The van der Waals surface area contributed by atoms with Crippen molar-refractivity contribution in [3.8, 4) is 0 Å². The number of nitrogens with one attached hydrogen (secondary N) is 1. The molecule has 2 heteroatoms. The third kappa shape index (κ3) is 4.55. The molecule has 0 saturated carbocycles. The number of piperidine rings is 1. The van der Waals surface area contributed by atoms with E-state index in [4.69, 9.17) is 0 Å². The first-order valence-corrected chi connectivity index (χ1v) is 8.61. The van der Waals surface area contributed by atoms with Gasteiger partial charge in [0.1, 0.15) is 0 Å². The van der Waals surface area contributed by atoms with Crippen molar-refractivity contribution < 1.29 is 0 Å². The molecule has 1 N–H and O–H groups in total. The summed E-state index contributed by atoms with van der Waals surface area (Å²) in [6.45, 7) is 13.0. The Hall–Kier alpha value is -0.860. The maximum atomic E-state index is 3.48. The van der Waals surface area contributed by atoms with Gasteiger partial charge in [0, 0.05) is 18.6 Å². The molecular formula is C19H32N2. The molecule has 0 bridgehead atoms. The zero-order valence-electron chi connectivity index (χ0n) is 14.2. The maximum Gasteiger partial charge on any atom is 0.0373 e. The minimum absolute atomic E-state index is 0.529. The first-order valence-electron chi connectivity index (χ1n) is 8.61. The van der Waals surface area contributed by atoms with Gasteiger partial charge < -0.3 is 5.32 Å². The van der Waals surface area contributed by atoms with E-state index in [1.54, 1.807) is 0 Å². The van der Waals surface area contributed by atoms with Gasteiger partial charge in [0.25, 0.3) is 0 Å². The fourth-order valence-corrected chi connectivity index (χ4v) is 3.62. The monoisotopic (exact) mass is 288 g/mol. The molecule has 21 heavy (non-hydrogen) atoms. The second-order valence-corrected chi connectivity index (χ2v) is 7.08. The van der Waals surface area contributed by atoms with Gasteiger partial charge >= 0.3 is 0 Å². The lowest BCUT2D eigenvalue weighted by molar-refractivity contribution is 0.0882. The van der Waals surface area contributed by atoms with Gasteiger partial charge in [0.05, 0.1) is 0 Å². The van der Waals surface area contributed by atoms with Crippen LogP contribution in [0.25, 0.3) is 0 Å². The SMILES string of the molecule is CC(C)C(c1ccccc1)N(CC1CCNCC1)C(C)C.